The molecule has 8 aromatic rings. The van der Waals surface area contributed by atoms with Crippen LogP contribution in [-0.4, -0.2) is 28.4 Å². The Morgan fingerprint density at radius 1 is 0.362 bits per heavy atom. The smallest absolute Gasteiger partial charge is 0.361 e. The van der Waals surface area contributed by atoms with Gasteiger partial charge in [-0.2, -0.15) is 0 Å². The summed E-state index contributed by atoms with van der Waals surface area (Å²) >= 11 is 0. The average Bonchev–Trinajstić information content (AvgIpc) is 3.48. The van der Waals surface area contributed by atoms with Crippen molar-refractivity contribution in [2.75, 3.05) is 0 Å². The lowest BCUT2D eigenvalue weighted by atomic mass is 9.50. The highest BCUT2D eigenvalue weighted by Gasteiger charge is 2.30. The van der Waals surface area contributed by atoms with Gasteiger partial charge in [-0.3, -0.25) is 0 Å². The fourth-order valence-electron chi connectivity index (χ4n) is 6.79. The zero-order chi connectivity index (χ0) is 31.7. The molecule has 0 fully saturated rings. The molecule has 0 aliphatic heterocycles. The molecular weight excluding hydrogens is 572 g/mol. The number of benzene rings is 7. The number of rotatable bonds is 7. The van der Waals surface area contributed by atoms with E-state index < -0.39 is 13.8 Å². The van der Waals surface area contributed by atoms with Crippen LogP contribution >= 0.6 is 0 Å². The summed E-state index contributed by atoms with van der Waals surface area (Å²) < 4.78 is 2.23. The van der Waals surface area contributed by atoms with Gasteiger partial charge >= 0.3 is 13.8 Å². The molecule has 47 heavy (non-hydrogen) atoms. The quantitative estimate of drug-likeness (QED) is 0.210. The SMILES string of the molecule is OB(c1ccccc1)c1cccc(B(O)c2ccccc2)c1-n1c2ccc(-c3ccccc3)cc2c2cc(-c3ccccc3)ccc21. The molecule has 0 saturated carbocycles. The molecule has 0 aliphatic carbocycles. The van der Waals surface area contributed by atoms with Crippen LogP contribution in [0.15, 0.2) is 176 Å². The van der Waals surface area contributed by atoms with Gasteiger partial charge in [0.1, 0.15) is 0 Å². The van der Waals surface area contributed by atoms with Gasteiger partial charge in [-0.25, -0.2) is 0 Å². The van der Waals surface area contributed by atoms with Crippen molar-refractivity contribution in [2.24, 2.45) is 0 Å². The van der Waals surface area contributed by atoms with Gasteiger partial charge in [-0.1, -0.05) is 152 Å². The predicted molar refractivity (Wildman–Crippen MR) is 199 cm³/mol. The summed E-state index contributed by atoms with van der Waals surface area (Å²) in [7, 11) is 0. The third kappa shape index (κ3) is 5.26. The van der Waals surface area contributed by atoms with Crippen molar-refractivity contribution in [2.45, 2.75) is 0 Å². The van der Waals surface area contributed by atoms with E-state index in [2.05, 4.69) is 89.5 Å². The maximum atomic E-state index is 12.0. The normalized spacial score (nSPS) is 11.2. The van der Waals surface area contributed by atoms with Crippen LogP contribution in [0.5, 0.6) is 0 Å². The van der Waals surface area contributed by atoms with Crippen LogP contribution in [0.4, 0.5) is 0 Å². The summed E-state index contributed by atoms with van der Waals surface area (Å²) in [6, 6.07) is 59.4. The Morgan fingerprint density at radius 3 is 1.15 bits per heavy atom. The molecule has 7 aromatic carbocycles. The van der Waals surface area contributed by atoms with Crippen molar-refractivity contribution in [3.05, 3.63) is 176 Å². The van der Waals surface area contributed by atoms with Gasteiger partial charge in [0.2, 0.25) is 0 Å². The van der Waals surface area contributed by atoms with E-state index in [1.807, 2.05) is 91.0 Å². The van der Waals surface area contributed by atoms with Crippen LogP contribution in [-0.2, 0) is 0 Å². The van der Waals surface area contributed by atoms with Crippen molar-refractivity contribution < 1.29 is 10.0 Å². The lowest BCUT2D eigenvalue weighted by molar-refractivity contribution is 0.599. The van der Waals surface area contributed by atoms with Gasteiger partial charge in [0.15, 0.2) is 0 Å². The van der Waals surface area contributed by atoms with Crippen LogP contribution in [0.25, 0.3) is 49.7 Å². The van der Waals surface area contributed by atoms with E-state index in [1.54, 1.807) is 0 Å². The van der Waals surface area contributed by atoms with E-state index in [4.69, 9.17) is 0 Å². The monoisotopic (exact) mass is 603 g/mol. The summed E-state index contributed by atoms with van der Waals surface area (Å²) in [5.41, 5.74) is 10.4. The molecule has 2 N–H and O–H groups in total. The highest BCUT2D eigenvalue weighted by atomic mass is 16.2. The molecule has 0 saturated heterocycles. The fraction of sp³-hybridized carbons (Fsp3) is 0. The van der Waals surface area contributed by atoms with Crippen molar-refractivity contribution in [1.29, 1.82) is 0 Å². The van der Waals surface area contributed by atoms with Crippen LogP contribution in [0.1, 0.15) is 0 Å². The minimum Gasteiger partial charge on any atom is -0.443 e. The van der Waals surface area contributed by atoms with Gasteiger partial charge in [0.25, 0.3) is 0 Å². The summed E-state index contributed by atoms with van der Waals surface area (Å²) in [5.74, 6) is 0. The van der Waals surface area contributed by atoms with Gasteiger partial charge in [-0.15, -0.1) is 0 Å². The highest BCUT2D eigenvalue weighted by molar-refractivity contribution is 6.83. The molecular formula is C42H31B2NO2. The van der Waals surface area contributed by atoms with E-state index >= 15 is 0 Å². The first-order valence-electron chi connectivity index (χ1n) is 16.0. The van der Waals surface area contributed by atoms with Crippen molar-refractivity contribution in [3.63, 3.8) is 0 Å². The molecule has 0 spiro atoms. The Labute approximate surface area is 275 Å². The lowest BCUT2D eigenvalue weighted by Gasteiger charge is -2.22. The van der Waals surface area contributed by atoms with Gasteiger partial charge in [-0.05, 0) is 68.4 Å². The Bertz CT molecular complexity index is 2160. The van der Waals surface area contributed by atoms with Gasteiger partial charge in [0, 0.05) is 16.5 Å². The van der Waals surface area contributed by atoms with Crippen LogP contribution < -0.4 is 21.9 Å². The summed E-state index contributed by atoms with van der Waals surface area (Å²) in [6.07, 6.45) is 0. The highest BCUT2D eigenvalue weighted by Crippen LogP contribution is 2.36. The molecule has 222 valence electrons. The van der Waals surface area contributed by atoms with Gasteiger partial charge < -0.3 is 14.6 Å². The minimum atomic E-state index is -0.909. The molecule has 0 bridgehead atoms. The number of fused-ring (bicyclic) bond motifs is 3. The Balaban J connectivity index is 1.46. The molecule has 1 heterocycles. The number of para-hydroxylation sites is 1. The maximum absolute atomic E-state index is 12.0. The van der Waals surface area contributed by atoms with E-state index in [9.17, 15) is 10.0 Å². The van der Waals surface area contributed by atoms with Crippen molar-refractivity contribution in [1.82, 2.24) is 4.57 Å². The molecule has 0 aliphatic rings. The average molecular weight is 603 g/mol. The van der Waals surface area contributed by atoms with Gasteiger partial charge in [0.05, 0.1) is 11.0 Å². The molecule has 0 unspecified atom stereocenters. The topological polar surface area (TPSA) is 45.4 Å². The second kappa shape index (κ2) is 12.3. The third-order valence-electron chi connectivity index (χ3n) is 9.12. The molecule has 8 rings (SSSR count). The first kappa shape index (κ1) is 28.8. The molecule has 0 amide bonds. The third-order valence-corrected chi connectivity index (χ3v) is 9.12. The number of nitrogens with zero attached hydrogens (tertiary/aromatic N) is 1. The Kier molecular flexibility index (Phi) is 7.54. The second-order valence-electron chi connectivity index (χ2n) is 11.9. The molecule has 1 aromatic heterocycles. The van der Waals surface area contributed by atoms with E-state index in [0.29, 0.717) is 0 Å². The molecule has 0 radical (unpaired) electrons. The van der Waals surface area contributed by atoms with Crippen LogP contribution in [0, 0.1) is 0 Å². The van der Waals surface area contributed by atoms with Crippen molar-refractivity contribution in [3.8, 4) is 27.9 Å². The number of hydrogen-bond acceptors (Lipinski definition) is 2. The lowest BCUT2D eigenvalue weighted by Crippen LogP contribution is -2.51. The largest absolute Gasteiger partial charge is 0.443 e. The summed E-state index contributed by atoms with van der Waals surface area (Å²) in [5, 5.41) is 26.2. The standard InChI is InChI=1S/C42H31B2NO2/c46-43(34-18-9-3-10-19-34)38-22-13-23-39(44(47)35-20-11-4-12-21-35)42(38)45-40-26-24-32(30-14-5-1-6-15-30)28-36(40)37-29-33(25-27-41(37)45)31-16-7-2-8-17-31/h1-29,46-47H. The maximum Gasteiger partial charge on any atom is 0.361 e. The zero-order valence-electron chi connectivity index (χ0n) is 25.7. The minimum absolute atomic E-state index is 0.724. The summed E-state index contributed by atoms with van der Waals surface area (Å²) in [6.45, 7) is -1.82. The molecule has 3 nitrogen and oxygen atoms in total. The van der Waals surface area contributed by atoms with E-state index in [-0.39, 0.29) is 0 Å². The first-order chi connectivity index (χ1) is 23.2. The molecule has 0 atom stereocenters. The van der Waals surface area contributed by atoms with E-state index in [1.165, 1.54) is 0 Å². The second-order valence-corrected chi connectivity index (χ2v) is 11.9. The zero-order valence-corrected chi connectivity index (χ0v) is 25.7. The van der Waals surface area contributed by atoms with Crippen LogP contribution in [0.2, 0.25) is 0 Å². The Morgan fingerprint density at radius 2 is 0.745 bits per heavy atom. The van der Waals surface area contributed by atoms with E-state index in [0.717, 1.165) is 71.6 Å². The first-order valence-corrected chi connectivity index (χ1v) is 16.0. The Hall–Kier alpha value is -5.61. The number of hydrogen-bond donors (Lipinski definition) is 2. The summed E-state index contributed by atoms with van der Waals surface area (Å²) in [4.78, 5) is 0. The van der Waals surface area contributed by atoms with Crippen LogP contribution in [0.3, 0.4) is 0 Å². The van der Waals surface area contributed by atoms with Crippen molar-refractivity contribution >= 4 is 57.5 Å². The number of aromatic nitrogens is 1. The fourth-order valence-corrected chi connectivity index (χ4v) is 6.79. The molecule has 5 heteroatoms. The predicted octanol–water partition coefficient (Wildman–Crippen LogP) is 6.31.